The van der Waals surface area contributed by atoms with Crippen LogP contribution in [0.3, 0.4) is 0 Å². The van der Waals surface area contributed by atoms with Crippen LogP contribution in [0, 0.1) is 3.57 Å². The molecule has 1 aromatic heterocycles. The normalized spacial score (nSPS) is 10.1. The van der Waals surface area contributed by atoms with Gasteiger partial charge in [-0.05, 0) is 46.9 Å². The highest BCUT2D eigenvalue weighted by Crippen LogP contribution is 2.16. The minimum Gasteiger partial charge on any atom is -0.384 e. The minimum atomic E-state index is 0.914. The third-order valence-electron chi connectivity index (χ3n) is 2.30. The molecular formula is C13H13IN2. The second-order valence-corrected chi connectivity index (χ2v) is 4.64. The third kappa shape index (κ3) is 3.20. The average Bonchev–Trinajstić information content (AvgIpc) is 2.33. The number of benzene rings is 1. The molecule has 0 fully saturated rings. The molecule has 0 unspecified atom stereocenters. The predicted octanol–water partition coefficient (Wildman–Crippen LogP) is 3.34. The maximum atomic E-state index is 4.29. The smallest absolute Gasteiger partial charge is 0.0475 e. The number of para-hydroxylation sites is 1. The van der Waals surface area contributed by atoms with Gasteiger partial charge in [-0.1, -0.05) is 18.2 Å². The molecule has 16 heavy (non-hydrogen) atoms. The van der Waals surface area contributed by atoms with Gasteiger partial charge in [0.2, 0.25) is 0 Å². The molecule has 0 radical (unpaired) electrons. The fraction of sp³-hybridized carbons (Fsp3) is 0.154. The number of hydrogen-bond donors (Lipinski definition) is 1. The number of anilines is 1. The van der Waals surface area contributed by atoms with E-state index in [2.05, 4.69) is 51.1 Å². The van der Waals surface area contributed by atoms with Gasteiger partial charge in [-0.2, -0.15) is 0 Å². The summed E-state index contributed by atoms with van der Waals surface area (Å²) in [6.45, 7) is 0.914. The van der Waals surface area contributed by atoms with E-state index in [1.807, 2.05) is 30.5 Å². The number of hydrogen-bond acceptors (Lipinski definition) is 2. The summed E-state index contributed by atoms with van der Waals surface area (Å²) < 4.78 is 1.25. The third-order valence-corrected chi connectivity index (χ3v) is 3.24. The predicted molar refractivity (Wildman–Crippen MR) is 75.6 cm³/mol. The number of pyridine rings is 1. The van der Waals surface area contributed by atoms with Gasteiger partial charge in [0.05, 0.1) is 0 Å². The Morgan fingerprint density at radius 2 is 1.88 bits per heavy atom. The zero-order valence-corrected chi connectivity index (χ0v) is 11.0. The fourth-order valence-corrected chi connectivity index (χ4v) is 2.05. The van der Waals surface area contributed by atoms with Crippen LogP contribution in [0.1, 0.15) is 5.69 Å². The van der Waals surface area contributed by atoms with E-state index in [1.165, 1.54) is 9.26 Å². The first-order valence-corrected chi connectivity index (χ1v) is 6.32. The SMILES string of the molecule is Ic1ccccc1NCCc1ccccn1. The molecule has 82 valence electrons. The van der Waals surface area contributed by atoms with Crippen LogP contribution in [-0.2, 0) is 6.42 Å². The van der Waals surface area contributed by atoms with Crippen molar-refractivity contribution in [3.63, 3.8) is 0 Å². The summed E-state index contributed by atoms with van der Waals surface area (Å²) in [6, 6.07) is 14.3. The van der Waals surface area contributed by atoms with E-state index in [0.717, 1.165) is 18.7 Å². The van der Waals surface area contributed by atoms with Gasteiger partial charge < -0.3 is 5.32 Å². The Kier molecular flexibility index (Phi) is 4.16. The molecule has 0 atom stereocenters. The zero-order valence-electron chi connectivity index (χ0n) is 8.86. The topological polar surface area (TPSA) is 24.9 Å². The molecule has 0 aliphatic carbocycles. The number of nitrogens with zero attached hydrogens (tertiary/aromatic N) is 1. The molecule has 2 nitrogen and oxygen atoms in total. The Balaban J connectivity index is 1.87. The van der Waals surface area contributed by atoms with Crippen molar-refractivity contribution >= 4 is 28.3 Å². The van der Waals surface area contributed by atoms with Gasteiger partial charge in [-0.3, -0.25) is 4.98 Å². The van der Waals surface area contributed by atoms with Crippen LogP contribution in [0.25, 0.3) is 0 Å². The standard InChI is InChI=1S/C13H13IN2/c14-12-6-1-2-7-13(12)16-10-8-11-5-3-4-9-15-11/h1-7,9,16H,8,10H2. The van der Waals surface area contributed by atoms with E-state index in [4.69, 9.17) is 0 Å². The molecule has 3 heteroatoms. The molecule has 0 aliphatic rings. The van der Waals surface area contributed by atoms with Gasteiger partial charge in [0.15, 0.2) is 0 Å². The number of halogens is 1. The van der Waals surface area contributed by atoms with Crippen LogP contribution in [0.4, 0.5) is 5.69 Å². The summed E-state index contributed by atoms with van der Waals surface area (Å²) in [5, 5.41) is 3.41. The zero-order chi connectivity index (χ0) is 11.2. The van der Waals surface area contributed by atoms with E-state index < -0.39 is 0 Å². The van der Waals surface area contributed by atoms with Crippen LogP contribution in [0.15, 0.2) is 48.7 Å². The molecule has 2 aromatic rings. The van der Waals surface area contributed by atoms with E-state index in [1.54, 1.807) is 0 Å². The number of aromatic nitrogens is 1. The first-order chi connectivity index (χ1) is 7.86. The van der Waals surface area contributed by atoms with E-state index in [9.17, 15) is 0 Å². The van der Waals surface area contributed by atoms with E-state index in [-0.39, 0.29) is 0 Å². The van der Waals surface area contributed by atoms with Gasteiger partial charge in [0, 0.05) is 34.1 Å². The van der Waals surface area contributed by atoms with Crippen LogP contribution < -0.4 is 5.32 Å². The highest BCUT2D eigenvalue weighted by molar-refractivity contribution is 14.1. The molecular weight excluding hydrogens is 311 g/mol. The van der Waals surface area contributed by atoms with Gasteiger partial charge in [-0.15, -0.1) is 0 Å². The van der Waals surface area contributed by atoms with Crippen molar-refractivity contribution in [3.8, 4) is 0 Å². The molecule has 0 amide bonds. The first-order valence-electron chi connectivity index (χ1n) is 5.24. The average molecular weight is 324 g/mol. The molecule has 1 N–H and O–H groups in total. The summed E-state index contributed by atoms with van der Waals surface area (Å²) >= 11 is 2.34. The van der Waals surface area contributed by atoms with Crippen molar-refractivity contribution in [2.75, 3.05) is 11.9 Å². The molecule has 1 aromatic carbocycles. The molecule has 0 saturated carbocycles. The van der Waals surface area contributed by atoms with E-state index in [0.29, 0.717) is 0 Å². The van der Waals surface area contributed by atoms with Gasteiger partial charge >= 0.3 is 0 Å². The highest BCUT2D eigenvalue weighted by atomic mass is 127. The van der Waals surface area contributed by atoms with Gasteiger partial charge in [0.25, 0.3) is 0 Å². The van der Waals surface area contributed by atoms with Crippen LogP contribution in [0.2, 0.25) is 0 Å². The summed E-state index contributed by atoms with van der Waals surface area (Å²) in [7, 11) is 0. The van der Waals surface area contributed by atoms with Crippen molar-refractivity contribution in [2.45, 2.75) is 6.42 Å². The largest absolute Gasteiger partial charge is 0.384 e. The quantitative estimate of drug-likeness (QED) is 0.873. The van der Waals surface area contributed by atoms with E-state index >= 15 is 0 Å². The second kappa shape index (κ2) is 5.84. The maximum Gasteiger partial charge on any atom is 0.0475 e. The fourth-order valence-electron chi connectivity index (χ4n) is 1.48. The Labute approximate surface area is 109 Å². The summed E-state index contributed by atoms with van der Waals surface area (Å²) in [5.41, 5.74) is 2.32. The Morgan fingerprint density at radius 3 is 2.62 bits per heavy atom. The van der Waals surface area contributed by atoms with Crippen molar-refractivity contribution < 1.29 is 0 Å². The molecule has 0 spiro atoms. The molecule has 2 rings (SSSR count). The lowest BCUT2D eigenvalue weighted by Gasteiger charge is -2.07. The molecule has 1 heterocycles. The summed E-state index contributed by atoms with van der Waals surface area (Å²) in [4.78, 5) is 4.29. The monoisotopic (exact) mass is 324 g/mol. The highest BCUT2D eigenvalue weighted by Gasteiger charge is 1.97. The van der Waals surface area contributed by atoms with Crippen molar-refractivity contribution in [1.29, 1.82) is 0 Å². The first kappa shape index (κ1) is 11.4. The number of nitrogens with one attached hydrogen (secondary N) is 1. The van der Waals surface area contributed by atoms with Crippen molar-refractivity contribution in [3.05, 3.63) is 57.9 Å². The van der Waals surface area contributed by atoms with Crippen molar-refractivity contribution in [2.24, 2.45) is 0 Å². The number of rotatable bonds is 4. The molecule has 0 bridgehead atoms. The van der Waals surface area contributed by atoms with Crippen LogP contribution >= 0.6 is 22.6 Å². The van der Waals surface area contributed by atoms with Gasteiger partial charge in [0.1, 0.15) is 0 Å². The van der Waals surface area contributed by atoms with Crippen LogP contribution in [-0.4, -0.2) is 11.5 Å². The minimum absolute atomic E-state index is 0.914. The second-order valence-electron chi connectivity index (χ2n) is 3.48. The summed E-state index contributed by atoms with van der Waals surface area (Å²) in [5.74, 6) is 0. The lowest BCUT2D eigenvalue weighted by molar-refractivity contribution is 0.960. The Bertz CT molecular complexity index is 443. The lowest BCUT2D eigenvalue weighted by Crippen LogP contribution is -2.06. The van der Waals surface area contributed by atoms with Crippen molar-refractivity contribution in [1.82, 2.24) is 4.98 Å². The maximum absolute atomic E-state index is 4.29. The van der Waals surface area contributed by atoms with Gasteiger partial charge in [-0.25, -0.2) is 0 Å². The Hall–Kier alpha value is -1.10. The summed E-state index contributed by atoms with van der Waals surface area (Å²) in [6.07, 6.45) is 2.79. The lowest BCUT2D eigenvalue weighted by atomic mass is 10.2. The Morgan fingerprint density at radius 1 is 1.06 bits per heavy atom. The molecule has 0 saturated heterocycles. The van der Waals surface area contributed by atoms with Crippen LogP contribution in [0.5, 0.6) is 0 Å². The molecule has 0 aliphatic heterocycles.